The molecule has 0 aliphatic carbocycles. The third-order valence-corrected chi connectivity index (χ3v) is 11.6. The fourth-order valence-corrected chi connectivity index (χ4v) is 8.60. The standard InChI is InChI=1S/C43H50Cl2N4O6/c1-42(2,3)55-41(50)49(31-14-19-53-20-15-31)25-29-10-9-28(23-36(29)51-4)39-38(45)33(13-18-46-39)32-7-6-8-34(37(32)44)35-12-11-30(40(47-35)52-5)24-48-26-43(27-48)16-21-54-22-17-43/h6-13,18,23,31H,14-17,19-22,24-27H2,1-5H3. The van der Waals surface area contributed by atoms with Crippen LogP contribution in [0.5, 0.6) is 11.6 Å². The van der Waals surface area contributed by atoms with Gasteiger partial charge in [-0.3, -0.25) is 9.88 Å². The quantitative estimate of drug-likeness (QED) is 0.156. The number of hydrogen-bond acceptors (Lipinski definition) is 9. The number of carbonyl (C=O) groups excluding carboxylic acids is 1. The molecule has 3 aliphatic rings. The minimum atomic E-state index is -0.624. The van der Waals surface area contributed by atoms with Crippen LogP contribution in [0.1, 0.15) is 57.6 Å². The second-order valence-corrected chi connectivity index (χ2v) is 16.5. The lowest BCUT2D eigenvalue weighted by atomic mass is 9.73. The number of nitrogens with zero attached hydrogens (tertiary/aromatic N) is 4. The van der Waals surface area contributed by atoms with Gasteiger partial charge in [0.05, 0.1) is 42.2 Å². The molecule has 1 amide bonds. The van der Waals surface area contributed by atoms with E-state index in [0.29, 0.717) is 58.2 Å². The SMILES string of the molecule is COc1cc(-c2nccc(-c3cccc(-c4ccc(CN5CC6(CCOCC6)C5)c(OC)n4)c3Cl)c2Cl)ccc1CN(C(=O)OC(C)(C)C)C1CCOCC1. The monoisotopic (exact) mass is 788 g/mol. The van der Waals surface area contributed by atoms with Crippen molar-refractivity contribution in [3.63, 3.8) is 0 Å². The van der Waals surface area contributed by atoms with Crippen molar-refractivity contribution in [2.24, 2.45) is 5.41 Å². The number of methoxy groups -OCH3 is 2. The normalized spacial score (nSPS) is 17.4. The Kier molecular flexibility index (Phi) is 11.9. The maximum Gasteiger partial charge on any atom is 0.410 e. The molecule has 1 spiro atoms. The fourth-order valence-electron chi connectivity index (χ4n) is 7.95. The van der Waals surface area contributed by atoms with E-state index in [1.165, 1.54) is 0 Å². The van der Waals surface area contributed by atoms with Crippen molar-refractivity contribution in [2.75, 3.05) is 53.7 Å². The number of ether oxygens (including phenoxy) is 5. The predicted octanol–water partition coefficient (Wildman–Crippen LogP) is 9.33. The van der Waals surface area contributed by atoms with Crippen LogP contribution >= 0.6 is 23.2 Å². The van der Waals surface area contributed by atoms with E-state index in [2.05, 4.69) is 16.0 Å². The summed E-state index contributed by atoms with van der Waals surface area (Å²) in [6, 6.07) is 17.6. The summed E-state index contributed by atoms with van der Waals surface area (Å²) in [6.45, 7) is 11.8. The molecule has 4 aromatic rings. The molecule has 3 saturated heterocycles. The van der Waals surface area contributed by atoms with Crippen molar-refractivity contribution in [1.82, 2.24) is 19.8 Å². The molecule has 0 atom stereocenters. The maximum atomic E-state index is 13.4. The zero-order valence-corrected chi connectivity index (χ0v) is 33.8. The minimum absolute atomic E-state index is 0.00836. The number of benzene rings is 2. The molecule has 7 rings (SSSR count). The van der Waals surface area contributed by atoms with Crippen molar-refractivity contribution >= 4 is 29.3 Å². The summed E-state index contributed by atoms with van der Waals surface area (Å²) >= 11 is 14.4. The average molecular weight is 790 g/mol. The number of halogens is 2. The van der Waals surface area contributed by atoms with Gasteiger partial charge in [0.15, 0.2) is 0 Å². The molecule has 292 valence electrons. The van der Waals surface area contributed by atoms with Crippen molar-refractivity contribution in [2.45, 2.75) is 71.2 Å². The van der Waals surface area contributed by atoms with Crippen LogP contribution in [0.3, 0.4) is 0 Å². The maximum absolute atomic E-state index is 13.4. The Hall–Kier alpha value is -3.93. The summed E-state index contributed by atoms with van der Waals surface area (Å²) < 4.78 is 28.7. The van der Waals surface area contributed by atoms with Gasteiger partial charge in [-0.2, -0.15) is 0 Å². The molecule has 10 nitrogen and oxygen atoms in total. The third-order valence-electron chi connectivity index (χ3n) is 10.8. The fraction of sp³-hybridized carbons (Fsp3) is 0.465. The number of rotatable bonds is 10. The largest absolute Gasteiger partial charge is 0.496 e. The molecule has 0 bridgehead atoms. The van der Waals surface area contributed by atoms with Crippen molar-refractivity contribution in [3.8, 4) is 45.3 Å². The third kappa shape index (κ3) is 8.74. The zero-order chi connectivity index (χ0) is 38.7. The summed E-state index contributed by atoms with van der Waals surface area (Å²) in [5.41, 5.74) is 5.98. The lowest BCUT2D eigenvalue weighted by Crippen LogP contribution is -2.57. The van der Waals surface area contributed by atoms with E-state index < -0.39 is 5.60 Å². The first-order chi connectivity index (χ1) is 26.5. The van der Waals surface area contributed by atoms with Crippen molar-refractivity contribution in [1.29, 1.82) is 0 Å². The molecular formula is C43H50Cl2N4O6. The van der Waals surface area contributed by atoms with Gasteiger partial charge < -0.3 is 28.6 Å². The van der Waals surface area contributed by atoms with E-state index in [-0.39, 0.29) is 12.1 Å². The first-order valence-corrected chi connectivity index (χ1v) is 19.8. The molecule has 5 heterocycles. The van der Waals surface area contributed by atoms with Crippen LogP contribution in [0.4, 0.5) is 4.79 Å². The Morgan fingerprint density at radius 1 is 0.891 bits per heavy atom. The first-order valence-electron chi connectivity index (χ1n) is 19.0. The molecule has 0 saturated carbocycles. The topological polar surface area (TPSA) is 95.5 Å². The molecule has 0 radical (unpaired) electrons. The highest BCUT2D eigenvalue weighted by Crippen LogP contribution is 2.44. The van der Waals surface area contributed by atoms with Gasteiger partial charge in [0, 0.05) is 97.1 Å². The average Bonchev–Trinajstić information content (AvgIpc) is 3.17. The van der Waals surface area contributed by atoms with Gasteiger partial charge in [0.1, 0.15) is 11.4 Å². The molecule has 0 N–H and O–H groups in total. The van der Waals surface area contributed by atoms with Crippen LogP contribution in [0, 0.1) is 5.41 Å². The lowest BCUT2D eigenvalue weighted by molar-refractivity contribution is -0.0841. The highest BCUT2D eigenvalue weighted by Gasteiger charge is 2.43. The zero-order valence-electron chi connectivity index (χ0n) is 32.3. The Balaban J connectivity index is 1.13. The molecule has 2 aromatic carbocycles. The summed E-state index contributed by atoms with van der Waals surface area (Å²) in [7, 11) is 3.28. The first kappa shape index (κ1) is 39.3. The minimum Gasteiger partial charge on any atom is -0.496 e. The highest BCUT2D eigenvalue weighted by molar-refractivity contribution is 6.39. The number of pyridine rings is 2. The summed E-state index contributed by atoms with van der Waals surface area (Å²) in [5.74, 6) is 1.21. The summed E-state index contributed by atoms with van der Waals surface area (Å²) in [4.78, 5) is 27.3. The van der Waals surface area contributed by atoms with Gasteiger partial charge in [-0.05, 0) is 64.7 Å². The smallest absolute Gasteiger partial charge is 0.410 e. The van der Waals surface area contributed by atoms with Crippen LogP contribution < -0.4 is 9.47 Å². The Morgan fingerprint density at radius 3 is 2.29 bits per heavy atom. The van der Waals surface area contributed by atoms with Crippen LogP contribution in [0.25, 0.3) is 33.6 Å². The van der Waals surface area contributed by atoms with Gasteiger partial charge in [-0.15, -0.1) is 0 Å². The summed E-state index contributed by atoms with van der Waals surface area (Å²) in [6.07, 6.45) is 5.10. The molecule has 2 aromatic heterocycles. The van der Waals surface area contributed by atoms with Gasteiger partial charge in [-0.25, -0.2) is 9.78 Å². The van der Waals surface area contributed by atoms with Crippen LogP contribution in [0.15, 0.2) is 60.8 Å². The van der Waals surface area contributed by atoms with Crippen LogP contribution in [0.2, 0.25) is 10.0 Å². The predicted molar refractivity (Wildman–Crippen MR) is 215 cm³/mol. The van der Waals surface area contributed by atoms with Crippen molar-refractivity contribution in [3.05, 3.63) is 82.0 Å². The second kappa shape index (κ2) is 16.7. The molecule has 12 heteroatoms. The van der Waals surface area contributed by atoms with Crippen LogP contribution in [-0.2, 0) is 27.3 Å². The number of hydrogen-bond donors (Lipinski definition) is 0. The lowest BCUT2D eigenvalue weighted by Gasteiger charge is -2.52. The highest BCUT2D eigenvalue weighted by atomic mass is 35.5. The van der Waals surface area contributed by atoms with E-state index in [1.807, 2.05) is 69.3 Å². The molecule has 3 aliphatic heterocycles. The Bertz CT molecular complexity index is 2000. The van der Waals surface area contributed by atoms with Gasteiger partial charge in [0.25, 0.3) is 0 Å². The molecular weight excluding hydrogens is 739 g/mol. The molecule has 3 fully saturated rings. The van der Waals surface area contributed by atoms with Crippen LogP contribution in [-0.4, -0.2) is 91.2 Å². The van der Waals surface area contributed by atoms with E-state index in [0.717, 1.165) is 91.9 Å². The van der Waals surface area contributed by atoms with E-state index in [9.17, 15) is 4.79 Å². The van der Waals surface area contributed by atoms with Crippen molar-refractivity contribution < 1.29 is 28.5 Å². The Morgan fingerprint density at radius 2 is 1.58 bits per heavy atom. The van der Waals surface area contributed by atoms with E-state index in [1.54, 1.807) is 25.3 Å². The number of carbonyl (C=O) groups is 1. The number of likely N-dealkylation sites (tertiary alicyclic amines) is 1. The number of amides is 1. The van der Waals surface area contributed by atoms with Gasteiger partial charge in [-0.1, -0.05) is 59.6 Å². The van der Waals surface area contributed by atoms with Gasteiger partial charge in [0.2, 0.25) is 5.88 Å². The summed E-state index contributed by atoms with van der Waals surface area (Å²) in [5, 5.41) is 0.975. The second-order valence-electron chi connectivity index (χ2n) is 15.8. The van der Waals surface area contributed by atoms with Gasteiger partial charge >= 0.3 is 6.09 Å². The molecule has 0 unspecified atom stereocenters. The molecule has 55 heavy (non-hydrogen) atoms. The van der Waals surface area contributed by atoms with E-state index in [4.69, 9.17) is 51.9 Å². The Labute approximate surface area is 334 Å². The number of aromatic nitrogens is 2. The van der Waals surface area contributed by atoms with E-state index >= 15 is 0 Å².